The Bertz CT molecular complexity index is 697. The molecule has 1 aromatic carbocycles. The zero-order valence-electron chi connectivity index (χ0n) is 14.7. The fraction of sp³-hybridized carbons (Fsp3) is 0.421. The minimum atomic E-state index is -0.0580. The van der Waals surface area contributed by atoms with Gasteiger partial charge in [-0.3, -0.25) is 4.79 Å². The van der Waals surface area contributed by atoms with Gasteiger partial charge in [0.2, 0.25) is 0 Å². The highest BCUT2D eigenvalue weighted by atomic mass is 32.1. The number of benzene rings is 1. The van der Waals surface area contributed by atoms with E-state index in [2.05, 4.69) is 23.2 Å². The summed E-state index contributed by atoms with van der Waals surface area (Å²) < 4.78 is 10.9. The third-order valence-electron chi connectivity index (χ3n) is 4.39. The molecule has 1 aliphatic rings. The Morgan fingerprint density at radius 1 is 1.36 bits per heavy atom. The molecule has 1 unspecified atom stereocenters. The Morgan fingerprint density at radius 2 is 2.16 bits per heavy atom. The predicted molar refractivity (Wildman–Crippen MR) is 101 cm³/mol. The monoisotopic (exact) mass is 360 g/mol. The van der Waals surface area contributed by atoms with Crippen molar-refractivity contribution in [3.8, 4) is 5.75 Å². The molecule has 1 N–H and O–H groups in total. The van der Waals surface area contributed by atoms with Gasteiger partial charge in [-0.15, -0.1) is 11.3 Å². The summed E-state index contributed by atoms with van der Waals surface area (Å²) in [5.74, 6) is 0.723. The Morgan fingerprint density at radius 3 is 2.80 bits per heavy atom. The van der Waals surface area contributed by atoms with E-state index in [1.165, 1.54) is 4.88 Å². The molecule has 1 aliphatic heterocycles. The highest BCUT2D eigenvalue weighted by Crippen LogP contribution is 2.30. The summed E-state index contributed by atoms with van der Waals surface area (Å²) in [5, 5.41) is 5.18. The maximum absolute atomic E-state index is 12.8. The zero-order chi connectivity index (χ0) is 17.6. The van der Waals surface area contributed by atoms with E-state index in [-0.39, 0.29) is 11.9 Å². The molecule has 0 radical (unpaired) electrons. The number of thiophene rings is 1. The fourth-order valence-electron chi connectivity index (χ4n) is 2.99. The van der Waals surface area contributed by atoms with Gasteiger partial charge in [0.15, 0.2) is 0 Å². The number of amides is 1. The minimum absolute atomic E-state index is 0.0430. The van der Waals surface area contributed by atoms with Crippen LogP contribution in [0.5, 0.6) is 5.75 Å². The third-order valence-corrected chi connectivity index (χ3v) is 5.38. The summed E-state index contributed by atoms with van der Waals surface area (Å²) in [6.07, 6.45) is 0.860. The van der Waals surface area contributed by atoms with Gasteiger partial charge in [0, 0.05) is 23.5 Å². The zero-order valence-corrected chi connectivity index (χ0v) is 15.5. The molecule has 0 bridgehead atoms. The van der Waals surface area contributed by atoms with Crippen LogP contribution in [0.3, 0.4) is 0 Å². The first kappa shape index (κ1) is 17.8. The van der Waals surface area contributed by atoms with Gasteiger partial charge >= 0.3 is 0 Å². The van der Waals surface area contributed by atoms with E-state index in [0.717, 1.165) is 30.9 Å². The number of anilines is 1. The topological polar surface area (TPSA) is 50.8 Å². The first-order valence-corrected chi connectivity index (χ1v) is 9.46. The molecule has 25 heavy (non-hydrogen) atoms. The van der Waals surface area contributed by atoms with E-state index >= 15 is 0 Å². The van der Waals surface area contributed by atoms with Gasteiger partial charge < -0.3 is 19.7 Å². The molecule has 6 heteroatoms. The molecule has 1 atom stereocenters. The van der Waals surface area contributed by atoms with Crippen molar-refractivity contribution in [2.45, 2.75) is 19.4 Å². The Labute approximate surface area is 152 Å². The van der Waals surface area contributed by atoms with Gasteiger partial charge in [0.05, 0.1) is 32.1 Å². The van der Waals surface area contributed by atoms with Crippen molar-refractivity contribution < 1.29 is 14.3 Å². The summed E-state index contributed by atoms with van der Waals surface area (Å²) >= 11 is 1.67. The third kappa shape index (κ3) is 4.14. The second kappa shape index (κ2) is 8.36. The smallest absolute Gasteiger partial charge is 0.251 e. The molecule has 2 heterocycles. The number of hydrogen-bond donors (Lipinski definition) is 1. The number of carbonyl (C=O) groups is 1. The molecule has 0 spiro atoms. The summed E-state index contributed by atoms with van der Waals surface area (Å²) in [5.41, 5.74) is 1.60. The van der Waals surface area contributed by atoms with Crippen molar-refractivity contribution in [1.29, 1.82) is 0 Å². The van der Waals surface area contributed by atoms with E-state index < -0.39 is 0 Å². The number of morpholine rings is 1. The van der Waals surface area contributed by atoms with Gasteiger partial charge in [-0.25, -0.2) is 0 Å². The van der Waals surface area contributed by atoms with E-state index in [4.69, 9.17) is 9.47 Å². The highest BCUT2D eigenvalue weighted by molar-refractivity contribution is 7.10. The van der Waals surface area contributed by atoms with Crippen molar-refractivity contribution in [1.82, 2.24) is 5.32 Å². The van der Waals surface area contributed by atoms with Crippen LogP contribution in [-0.2, 0) is 4.74 Å². The molecule has 1 fully saturated rings. The van der Waals surface area contributed by atoms with Crippen molar-refractivity contribution in [2.75, 3.05) is 38.3 Å². The first-order valence-electron chi connectivity index (χ1n) is 8.58. The van der Waals surface area contributed by atoms with Gasteiger partial charge in [-0.2, -0.15) is 0 Å². The molecule has 1 saturated heterocycles. The number of rotatable bonds is 6. The van der Waals surface area contributed by atoms with Gasteiger partial charge in [0.1, 0.15) is 5.75 Å². The summed E-state index contributed by atoms with van der Waals surface area (Å²) in [7, 11) is 1.66. The van der Waals surface area contributed by atoms with E-state index in [1.807, 2.05) is 29.6 Å². The maximum Gasteiger partial charge on any atom is 0.251 e. The molecule has 0 aliphatic carbocycles. The van der Waals surface area contributed by atoms with E-state index in [1.54, 1.807) is 18.4 Å². The SMILES string of the molecule is CCC(NC(=O)c1ccc(OC)c(N2CCOCC2)c1)c1cccs1. The van der Waals surface area contributed by atoms with Gasteiger partial charge in [-0.1, -0.05) is 13.0 Å². The lowest BCUT2D eigenvalue weighted by Gasteiger charge is -2.30. The van der Waals surface area contributed by atoms with Crippen LogP contribution in [0.25, 0.3) is 0 Å². The molecular weight excluding hydrogens is 336 g/mol. The van der Waals surface area contributed by atoms with Crippen LogP contribution in [0.15, 0.2) is 35.7 Å². The largest absolute Gasteiger partial charge is 0.495 e. The van der Waals surface area contributed by atoms with Crippen molar-refractivity contribution >= 4 is 22.9 Å². The predicted octanol–water partition coefficient (Wildman–Crippen LogP) is 3.47. The number of carbonyl (C=O) groups excluding carboxylic acids is 1. The average molecular weight is 360 g/mol. The van der Waals surface area contributed by atoms with E-state index in [0.29, 0.717) is 18.8 Å². The number of hydrogen-bond acceptors (Lipinski definition) is 5. The van der Waals surface area contributed by atoms with Crippen LogP contribution in [0.2, 0.25) is 0 Å². The van der Waals surface area contributed by atoms with Crippen molar-refractivity contribution in [2.24, 2.45) is 0 Å². The quantitative estimate of drug-likeness (QED) is 0.857. The Hall–Kier alpha value is -2.05. The summed E-state index contributed by atoms with van der Waals surface area (Å²) in [6, 6.07) is 9.72. The number of methoxy groups -OCH3 is 1. The maximum atomic E-state index is 12.8. The molecule has 1 aromatic heterocycles. The Balaban J connectivity index is 1.80. The minimum Gasteiger partial charge on any atom is -0.495 e. The second-order valence-corrected chi connectivity index (χ2v) is 6.92. The number of nitrogens with zero attached hydrogens (tertiary/aromatic N) is 1. The molecular formula is C19H24N2O3S. The number of nitrogens with one attached hydrogen (secondary N) is 1. The average Bonchev–Trinajstić information content (AvgIpc) is 3.20. The summed E-state index contributed by atoms with van der Waals surface area (Å²) in [6.45, 7) is 5.06. The van der Waals surface area contributed by atoms with Crippen LogP contribution in [-0.4, -0.2) is 39.3 Å². The lowest BCUT2D eigenvalue weighted by molar-refractivity contribution is 0.0936. The number of ether oxygens (including phenoxy) is 2. The van der Waals surface area contributed by atoms with Crippen LogP contribution in [0.4, 0.5) is 5.69 Å². The van der Waals surface area contributed by atoms with Crippen LogP contribution >= 0.6 is 11.3 Å². The fourth-order valence-corrected chi connectivity index (χ4v) is 3.85. The molecule has 0 saturated carbocycles. The van der Waals surface area contributed by atoms with Crippen LogP contribution in [0.1, 0.15) is 34.6 Å². The highest BCUT2D eigenvalue weighted by Gasteiger charge is 2.20. The Kier molecular flexibility index (Phi) is 5.94. The molecule has 1 amide bonds. The van der Waals surface area contributed by atoms with Crippen LogP contribution < -0.4 is 15.0 Å². The normalized spacial score (nSPS) is 15.7. The van der Waals surface area contributed by atoms with Crippen molar-refractivity contribution in [3.05, 3.63) is 46.2 Å². The van der Waals surface area contributed by atoms with Crippen molar-refractivity contribution in [3.63, 3.8) is 0 Å². The molecule has 3 rings (SSSR count). The lowest BCUT2D eigenvalue weighted by Crippen LogP contribution is -2.36. The van der Waals surface area contributed by atoms with Crippen LogP contribution in [0, 0.1) is 0 Å². The summed E-state index contributed by atoms with van der Waals surface area (Å²) in [4.78, 5) is 16.1. The van der Waals surface area contributed by atoms with E-state index in [9.17, 15) is 4.79 Å². The van der Waals surface area contributed by atoms with Gasteiger partial charge in [0.25, 0.3) is 5.91 Å². The molecule has 2 aromatic rings. The lowest BCUT2D eigenvalue weighted by atomic mass is 10.1. The molecule has 134 valence electrons. The molecule has 5 nitrogen and oxygen atoms in total. The van der Waals surface area contributed by atoms with Gasteiger partial charge in [-0.05, 0) is 36.1 Å². The first-order chi connectivity index (χ1) is 12.2. The second-order valence-electron chi connectivity index (χ2n) is 5.94. The standard InChI is InChI=1S/C19H24N2O3S/c1-3-15(18-5-4-12-25-18)20-19(22)14-6-7-17(23-2)16(13-14)21-8-10-24-11-9-21/h4-7,12-13,15H,3,8-11H2,1-2H3,(H,20,22).